The Bertz CT molecular complexity index is 1590. The molecule has 0 saturated carbocycles. The summed E-state index contributed by atoms with van der Waals surface area (Å²) in [6, 6.07) is 36.0. The smallest absolute Gasteiger partial charge is 0.340 e. The second-order valence-electron chi connectivity index (χ2n) is 8.30. The van der Waals surface area contributed by atoms with E-state index in [1.165, 1.54) is 6.07 Å². The standard InChI is InChI=1S/C30H22O5S/c31-29(35-30(36(32,33)34)25-19-18-21-10-7-8-15-24(21)20-25)28-26(22-11-3-1-4-12-22)16-9-17-27(28)23-13-5-2-6-14-23/h1-20,30H,(H,32,33,34)/p-1. The summed E-state index contributed by atoms with van der Waals surface area (Å²) in [6.07, 6.45) is 0. The van der Waals surface area contributed by atoms with Crippen LogP contribution in [0, 0.1) is 0 Å². The molecule has 5 rings (SSSR count). The fourth-order valence-electron chi connectivity index (χ4n) is 4.29. The largest absolute Gasteiger partial charge is 0.745 e. The number of carbonyl (C=O) groups excluding carboxylic acids is 1. The first-order valence-corrected chi connectivity index (χ1v) is 12.8. The van der Waals surface area contributed by atoms with Gasteiger partial charge in [0, 0.05) is 5.56 Å². The first-order chi connectivity index (χ1) is 17.4. The second-order valence-corrected chi connectivity index (χ2v) is 9.71. The molecule has 5 aromatic rings. The van der Waals surface area contributed by atoms with Gasteiger partial charge in [0.05, 0.1) is 5.56 Å². The molecular formula is C30H21O5S-. The Hall–Kier alpha value is -4.26. The zero-order valence-corrected chi connectivity index (χ0v) is 19.9. The van der Waals surface area contributed by atoms with E-state index in [9.17, 15) is 17.8 Å². The summed E-state index contributed by atoms with van der Waals surface area (Å²) in [5, 5.41) is 1.60. The maximum absolute atomic E-state index is 13.7. The van der Waals surface area contributed by atoms with E-state index in [0.29, 0.717) is 11.1 Å². The van der Waals surface area contributed by atoms with Crippen LogP contribution >= 0.6 is 0 Å². The van der Waals surface area contributed by atoms with E-state index in [-0.39, 0.29) is 11.1 Å². The van der Waals surface area contributed by atoms with E-state index in [4.69, 9.17) is 4.74 Å². The zero-order chi connectivity index (χ0) is 25.1. The third-order valence-corrected chi connectivity index (χ3v) is 6.85. The molecule has 1 atom stereocenters. The van der Waals surface area contributed by atoms with Crippen LogP contribution in [0.25, 0.3) is 33.0 Å². The van der Waals surface area contributed by atoms with Crippen LogP contribution in [0.4, 0.5) is 0 Å². The Morgan fingerprint density at radius 3 is 1.72 bits per heavy atom. The summed E-state index contributed by atoms with van der Waals surface area (Å²) in [5.41, 5.74) is 0.941. The lowest BCUT2D eigenvalue weighted by Crippen LogP contribution is -2.21. The molecule has 0 aliphatic rings. The highest BCUT2D eigenvalue weighted by Gasteiger charge is 2.28. The Balaban J connectivity index is 1.64. The summed E-state index contributed by atoms with van der Waals surface area (Å²) in [4.78, 5) is 13.7. The van der Waals surface area contributed by atoms with E-state index in [1.807, 2.05) is 78.9 Å². The average Bonchev–Trinajstić information content (AvgIpc) is 2.91. The molecule has 0 spiro atoms. The van der Waals surface area contributed by atoms with Crippen molar-refractivity contribution in [2.24, 2.45) is 0 Å². The number of hydrogen-bond donors (Lipinski definition) is 0. The fourth-order valence-corrected chi connectivity index (χ4v) is 4.98. The number of carbonyl (C=O) groups is 1. The second kappa shape index (κ2) is 9.77. The van der Waals surface area contributed by atoms with Crippen molar-refractivity contribution >= 4 is 26.9 Å². The van der Waals surface area contributed by atoms with E-state index in [2.05, 4.69) is 0 Å². The van der Waals surface area contributed by atoms with Crippen molar-refractivity contribution < 1.29 is 22.5 Å². The van der Waals surface area contributed by atoms with Crippen LogP contribution in [0.2, 0.25) is 0 Å². The summed E-state index contributed by atoms with van der Waals surface area (Å²) in [5.74, 6) is -0.897. The Kier molecular flexibility index (Phi) is 6.38. The minimum Gasteiger partial charge on any atom is -0.745 e. The molecule has 0 heterocycles. The molecule has 0 radical (unpaired) electrons. The van der Waals surface area contributed by atoms with Gasteiger partial charge in [0.1, 0.15) is 10.1 Å². The molecule has 0 N–H and O–H groups in total. The Morgan fingerprint density at radius 1 is 0.639 bits per heavy atom. The molecule has 0 saturated heterocycles. The van der Waals surface area contributed by atoms with Gasteiger partial charge in [-0.3, -0.25) is 0 Å². The summed E-state index contributed by atoms with van der Waals surface area (Å²) >= 11 is 0. The van der Waals surface area contributed by atoms with Crippen LogP contribution in [0.1, 0.15) is 21.4 Å². The first-order valence-electron chi connectivity index (χ1n) is 11.3. The van der Waals surface area contributed by atoms with Gasteiger partial charge in [0.15, 0.2) is 0 Å². The fraction of sp³-hybridized carbons (Fsp3) is 0.0333. The predicted octanol–water partition coefficient (Wildman–Crippen LogP) is 6.57. The SMILES string of the molecule is O=C(OC(c1ccc2ccccc2c1)S(=O)(=O)[O-])c1c(-c2ccccc2)cccc1-c1ccccc1. The van der Waals surface area contributed by atoms with Gasteiger partial charge in [0.2, 0.25) is 5.44 Å². The van der Waals surface area contributed by atoms with E-state index >= 15 is 0 Å². The minimum absolute atomic E-state index is 0.0931. The van der Waals surface area contributed by atoms with Gasteiger partial charge < -0.3 is 9.29 Å². The van der Waals surface area contributed by atoms with E-state index in [0.717, 1.165) is 21.9 Å². The molecule has 0 aromatic heterocycles. The number of fused-ring (bicyclic) bond motifs is 1. The molecule has 5 aromatic carbocycles. The highest BCUT2D eigenvalue weighted by molar-refractivity contribution is 7.85. The molecule has 0 aliphatic heterocycles. The van der Waals surface area contributed by atoms with Crippen molar-refractivity contribution in [1.29, 1.82) is 0 Å². The van der Waals surface area contributed by atoms with Gasteiger partial charge in [-0.1, -0.05) is 115 Å². The van der Waals surface area contributed by atoms with Crippen LogP contribution in [-0.2, 0) is 14.9 Å². The average molecular weight is 494 g/mol. The van der Waals surface area contributed by atoms with Crippen molar-refractivity contribution in [2.45, 2.75) is 5.44 Å². The molecule has 0 amide bonds. The Morgan fingerprint density at radius 2 is 1.17 bits per heavy atom. The summed E-state index contributed by atoms with van der Waals surface area (Å²) < 4.78 is 42.5. The molecule has 6 heteroatoms. The third kappa shape index (κ3) is 4.77. The van der Waals surface area contributed by atoms with E-state index in [1.54, 1.807) is 36.4 Å². The van der Waals surface area contributed by atoms with Crippen LogP contribution < -0.4 is 0 Å². The lowest BCUT2D eigenvalue weighted by molar-refractivity contribution is 0.0428. The molecule has 0 aliphatic carbocycles. The predicted molar refractivity (Wildman–Crippen MR) is 139 cm³/mol. The minimum atomic E-state index is -5.04. The van der Waals surface area contributed by atoms with Crippen LogP contribution in [0.15, 0.2) is 121 Å². The molecular weight excluding hydrogens is 472 g/mol. The lowest BCUT2D eigenvalue weighted by atomic mass is 9.92. The van der Waals surface area contributed by atoms with Crippen molar-refractivity contribution in [2.75, 3.05) is 0 Å². The van der Waals surface area contributed by atoms with Crippen LogP contribution in [0.3, 0.4) is 0 Å². The quantitative estimate of drug-likeness (QED) is 0.197. The monoisotopic (exact) mass is 493 g/mol. The normalized spacial score (nSPS) is 12.2. The molecule has 0 bridgehead atoms. The van der Waals surface area contributed by atoms with Gasteiger partial charge in [-0.2, -0.15) is 0 Å². The van der Waals surface area contributed by atoms with Crippen molar-refractivity contribution in [3.8, 4) is 22.3 Å². The lowest BCUT2D eigenvalue weighted by Gasteiger charge is -2.23. The highest BCUT2D eigenvalue weighted by Crippen LogP contribution is 2.35. The number of esters is 1. The molecule has 36 heavy (non-hydrogen) atoms. The van der Waals surface area contributed by atoms with Gasteiger partial charge in [0.25, 0.3) is 0 Å². The summed E-state index contributed by atoms with van der Waals surface area (Å²) in [7, 11) is -5.04. The van der Waals surface area contributed by atoms with Gasteiger partial charge in [-0.15, -0.1) is 0 Å². The molecule has 5 nitrogen and oxygen atoms in total. The Labute approximate surface area is 209 Å². The van der Waals surface area contributed by atoms with Crippen LogP contribution in [0.5, 0.6) is 0 Å². The maximum Gasteiger partial charge on any atom is 0.340 e. The summed E-state index contributed by atoms with van der Waals surface area (Å²) in [6.45, 7) is 0. The maximum atomic E-state index is 13.7. The van der Waals surface area contributed by atoms with Gasteiger partial charge in [-0.05, 0) is 39.1 Å². The number of ether oxygens (including phenoxy) is 1. The van der Waals surface area contributed by atoms with Gasteiger partial charge >= 0.3 is 5.97 Å². The molecule has 0 fully saturated rings. The first kappa shape index (κ1) is 23.5. The number of rotatable bonds is 6. The zero-order valence-electron chi connectivity index (χ0n) is 19.1. The topological polar surface area (TPSA) is 83.5 Å². The van der Waals surface area contributed by atoms with Crippen LogP contribution in [-0.4, -0.2) is 18.9 Å². The highest BCUT2D eigenvalue weighted by atomic mass is 32.2. The third-order valence-electron chi connectivity index (χ3n) is 5.96. The number of benzene rings is 5. The van der Waals surface area contributed by atoms with Crippen molar-refractivity contribution in [3.63, 3.8) is 0 Å². The molecule has 1 unspecified atom stereocenters. The van der Waals surface area contributed by atoms with Crippen molar-refractivity contribution in [3.05, 3.63) is 132 Å². The van der Waals surface area contributed by atoms with Crippen molar-refractivity contribution in [1.82, 2.24) is 0 Å². The van der Waals surface area contributed by atoms with E-state index < -0.39 is 21.5 Å². The number of hydrogen-bond acceptors (Lipinski definition) is 5. The van der Waals surface area contributed by atoms with Gasteiger partial charge in [-0.25, -0.2) is 13.2 Å². The molecule has 178 valence electrons.